The van der Waals surface area contributed by atoms with Crippen molar-refractivity contribution in [2.45, 2.75) is 32.7 Å². The summed E-state index contributed by atoms with van der Waals surface area (Å²) in [4.78, 5) is 9.27. The van der Waals surface area contributed by atoms with Crippen LogP contribution in [0.25, 0.3) is 22.4 Å². The van der Waals surface area contributed by atoms with E-state index in [1.165, 1.54) is 18.4 Å². The molecule has 1 saturated carbocycles. The maximum atomic E-state index is 6.05. The summed E-state index contributed by atoms with van der Waals surface area (Å²) in [5.41, 5.74) is 5.50. The molecule has 3 aromatic rings. The van der Waals surface area contributed by atoms with Gasteiger partial charge in [0.15, 0.2) is 0 Å². The summed E-state index contributed by atoms with van der Waals surface area (Å²) in [6.45, 7) is 4.82. The van der Waals surface area contributed by atoms with Crippen molar-refractivity contribution in [1.82, 2.24) is 14.5 Å². The lowest BCUT2D eigenvalue weighted by molar-refractivity contribution is 0.316. The van der Waals surface area contributed by atoms with E-state index in [0.717, 1.165) is 65.9 Å². The minimum Gasteiger partial charge on any atom is -0.491 e. The molecule has 5 heteroatoms. The molecule has 2 aliphatic rings. The zero-order valence-corrected chi connectivity index (χ0v) is 14.5. The van der Waals surface area contributed by atoms with Gasteiger partial charge in [-0.2, -0.15) is 0 Å². The first kappa shape index (κ1) is 14.8. The van der Waals surface area contributed by atoms with E-state index in [9.17, 15) is 0 Å². The van der Waals surface area contributed by atoms with Gasteiger partial charge < -0.3 is 14.6 Å². The molecule has 1 aliphatic heterocycles. The van der Waals surface area contributed by atoms with E-state index in [4.69, 9.17) is 9.72 Å². The summed E-state index contributed by atoms with van der Waals surface area (Å²) in [7, 11) is 0. The molecule has 0 radical (unpaired) electrons. The smallest absolute Gasteiger partial charge is 0.147 e. The van der Waals surface area contributed by atoms with Gasteiger partial charge in [-0.15, -0.1) is 0 Å². The fraction of sp³-hybridized carbons (Fsp3) is 0.400. The Morgan fingerprint density at radius 3 is 3.08 bits per heavy atom. The molecule has 0 bridgehead atoms. The van der Waals surface area contributed by atoms with Crippen molar-refractivity contribution in [3.05, 3.63) is 36.2 Å². The number of benzene rings is 1. The van der Waals surface area contributed by atoms with Crippen molar-refractivity contribution in [2.75, 3.05) is 18.5 Å². The molecule has 0 unspecified atom stereocenters. The fourth-order valence-corrected chi connectivity index (χ4v) is 3.55. The highest BCUT2D eigenvalue weighted by Crippen LogP contribution is 2.37. The normalized spacial score (nSPS) is 16.5. The average molecular weight is 334 g/mol. The number of pyridine rings is 1. The largest absolute Gasteiger partial charge is 0.491 e. The topological polar surface area (TPSA) is 52.0 Å². The third-order valence-electron chi connectivity index (χ3n) is 5.16. The molecule has 25 heavy (non-hydrogen) atoms. The lowest BCUT2D eigenvalue weighted by Gasteiger charge is -2.10. The Morgan fingerprint density at radius 2 is 2.24 bits per heavy atom. The SMILES string of the molecule is Cc1ccncc1-c1nc2cc(NCC3CC3)cc3c2n1CCCO3. The maximum absolute atomic E-state index is 6.05. The lowest BCUT2D eigenvalue weighted by atomic mass is 10.1. The number of imidazole rings is 1. The van der Waals surface area contributed by atoms with Crippen LogP contribution in [0.15, 0.2) is 30.6 Å². The summed E-state index contributed by atoms with van der Waals surface area (Å²) >= 11 is 0. The van der Waals surface area contributed by atoms with Crippen LogP contribution in [0.2, 0.25) is 0 Å². The second-order valence-electron chi connectivity index (χ2n) is 7.15. The molecule has 2 aromatic heterocycles. The quantitative estimate of drug-likeness (QED) is 0.783. The van der Waals surface area contributed by atoms with Crippen LogP contribution in [0.4, 0.5) is 5.69 Å². The average Bonchev–Trinajstić information content (AvgIpc) is 3.40. The first-order valence-electron chi connectivity index (χ1n) is 9.11. The molecule has 1 N–H and O–H groups in total. The van der Waals surface area contributed by atoms with Crippen molar-refractivity contribution < 1.29 is 4.74 Å². The van der Waals surface area contributed by atoms with Gasteiger partial charge in [0.2, 0.25) is 0 Å². The zero-order valence-electron chi connectivity index (χ0n) is 14.5. The van der Waals surface area contributed by atoms with Crippen molar-refractivity contribution >= 4 is 16.7 Å². The number of aryl methyl sites for hydroxylation is 2. The number of nitrogens with one attached hydrogen (secondary N) is 1. The van der Waals surface area contributed by atoms with Crippen LogP contribution < -0.4 is 10.1 Å². The number of hydrogen-bond acceptors (Lipinski definition) is 4. The fourth-order valence-electron chi connectivity index (χ4n) is 3.55. The van der Waals surface area contributed by atoms with Crippen molar-refractivity contribution in [1.29, 1.82) is 0 Å². The highest BCUT2D eigenvalue weighted by molar-refractivity contribution is 5.89. The van der Waals surface area contributed by atoms with Gasteiger partial charge in [0.1, 0.15) is 17.1 Å². The van der Waals surface area contributed by atoms with Gasteiger partial charge in [0, 0.05) is 42.8 Å². The molecule has 3 heterocycles. The molecule has 0 saturated heterocycles. The van der Waals surface area contributed by atoms with Crippen LogP contribution in [0.3, 0.4) is 0 Å². The molecular formula is C20H22N4O. The Hall–Kier alpha value is -2.56. The minimum atomic E-state index is 0.744. The summed E-state index contributed by atoms with van der Waals surface area (Å²) in [6, 6.07) is 6.33. The van der Waals surface area contributed by atoms with Gasteiger partial charge in [0.05, 0.1) is 12.1 Å². The molecular weight excluding hydrogens is 312 g/mol. The Balaban J connectivity index is 1.66. The Morgan fingerprint density at radius 1 is 1.32 bits per heavy atom. The molecule has 1 aliphatic carbocycles. The van der Waals surface area contributed by atoms with E-state index < -0.39 is 0 Å². The van der Waals surface area contributed by atoms with E-state index in [1.807, 2.05) is 18.5 Å². The number of rotatable bonds is 4. The predicted octanol–water partition coefficient (Wildman–Crippen LogP) is 4.01. The molecule has 5 rings (SSSR count). The Labute approximate surface area is 147 Å². The van der Waals surface area contributed by atoms with Gasteiger partial charge in [-0.3, -0.25) is 4.98 Å². The van der Waals surface area contributed by atoms with Crippen LogP contribution in [0.5, 0.6) is 5.75 Å². The molecule has 0 spiro atoms. The second kappa shape index (κ2) is 5.76. The van der Waals surface area contributed by atoms with E-state index in [2.05, 4.69) is 33.9 Å². The lowest BCUT2D eigenvalue weighted by Crippen LogP contribution is -2.03. The molecule has 5 nitrogen and oxygen atoms in total. The van der Waals surface area contributed by atoms with Crippen molar-refractivity contribution in [3.8, 4) is 17.1 Å². The van der Waals surface area contributed by atoms with Crippen LogP contribution in [-0.4, -0.2) is 27.7 Å². The summed E-state index contributed by atoms with van der Waals surface area (Å²) in [5, 5.41) is 3.56. The number of anilines is 1. The van der Waals surface area contributed by atoms with Gasteiger partial charge in [-0.25, -0.2) is 4.98 Å². The second-order valence-corrected chi connectivity index (χ2v) is 7.15. The van der Waals surface area contributed by atoms with Gasteiger partial charge in [0.25, 0.3) is 0 Å². The van der Waals surface area contributed by atoms with Crippen LogP contribution in [-0.2, 0) is 6.54 Å². The number of aromatic nitrogens is 3. The number of hydrogen-bond donors (Lipinski definition) is 1. The van der Waals surface area contributed by atoms with Gasteiger partial charge in [-0.05, 0) is 49.8 Å². The summed E-state index contributed by atoms with van der Waals surface area (Å²) in [5.74, 6) is 2.77. The number of ether oxygens (including phenoxy) is 1. The molecule has 128 valence electrons. The predicted molar refractivity (Wildman–Crippen MR) is 99.0 cm³/mol. The highest BCUT2D eigenvalue weighted by atomic mass is 16.5. The van der Waals surface area contributed by atoms with Crippen molar-refractivity contribution in [3.63, 3.8) is 0 Å². The zero-order chi connectivity index (χ0) is 16.8. The Kier molecular flexibility index (Phi) is 3.40. The molecule has 0 atom stereocenters. The van der Waals surface area contributed by atoms with Crippen LogP contribution >= 0.6 is 0 Å². The van der Waals surface area contributed by atoms with Crippen LogP contribution in [0, 0.1) is 12.8 Å². The molecule has 1 fully saturated rings. The third kappa shape index (κ3) is 2.64. The van der Waals surface area contributed by atoms with Gasteiger partial charge >= 0.3 is 0 Å². The number of nitrogens with zero attached hydrogens (tertiary/aromatic N) is 3. The van der Waals surface area contributed by atoms with Crippen LogP contribution in [0.1, 0.15) is 24.8 Å². The van der Waals surface area contributed by atoms with E-state index >= 15 is 0 Å². The summed E-state index contributed by atoms with van der Waals surface area (Å²) in [6.07, 6.45) is 7.42. The van der Waals surface area contributed by atoms with Crippen molar-refractivity contribution in [2.24, 2.45) is 5.92 Å². The summed E-state index contributed by atoms with van der Waals surface area (Å²) < 4.78 is 8.34. The minimum absolute atomic E-state index is 0.744. The van der Waals surface area contributed by atoms with E-state index in [0.29, 0.717) is 0 Å². The first-order chi connectivity index (χ1) is 12.3. The monoisotopic (exact) mass is 334 g/mol. The Bertz CT molecular complexity index is 942. The van der Waals surface area contributed by atoms with Gasteiger partial charge in [-0.1, -0.05) is 0 Å². The van der Waals surface area contributed by atoms with E-state index in [-0.39, 0.29) is 0 Å². The molecule has 1 aromatic carbocycles. The third-order valence-corrected chi connectivity index (χ3v) is 5.16. The highest BCUT2D eigenvalue weighted by Gasteiger charge is 2.23. The maximum Gasteiger partial charge on any atom is 0.147 e. The standard InChI is InChI=1S/C20H22N4O/c1-13-5-6-21-12-16(13)20-23-17-9-15(22-11-14-3-4-14)10-18-19(17)24(20)7-2-8-25-18/h5-6,9-10,12,14,22H,2-4,7-8,11H2,1H3. The van der Waals surface area contributed by atoms with E-state index in [1.54, 1.807) is 0 Å². The molecule has 0 amide bonds. The first-order valence-corrected chi connectivity index (χ1v) is 9.11.